The van der Waals surface area contributed by atoms with Gasteiger partial charge in [0, 0.05) is 51.9 Å². The summed E-state index contributed by atoms with van der Waals surface area (Å²) in [7, 11) is 0. The van der Waals surface area contributed by atoms with E-state index < -0.39 is 0 Å². The van der Waals surface area contributed by atoms with Gasteiger partial charge in [0.25, 0.3) is 0 Å². The maximum absolute atomic E-state index is 6.91. The Kier molecular flexibility index (Phi) is 22.2. The smallest absolute Gasteiger partial charge is 0.126 e. The molecule has 0 aliphatic heterocycles. The van der Waals surface area contributed by atoms with Crippen LogP contribution in [-0.2, 0) is 51.9 Å². The first-order valence-corrected chi connectivity index (χ1v) is 24.1. The Morgan fingerprint density at radius 2 is 0.453 bits per heavy atom. The van der Waals surface area contributed by atoms with E-state index in [1.807, 2.05) is 0 Å². The number of unbranched alkanes of at least 4 members (excludes halogenated alkanes) is 8. The molecule has 0 amide bonds. The van der Waals surface area contributed by atoms with Crippen molar-refractivity contribution < 1.29 is 18.9 Å². The minimum atomic E-state index is 0.376. The molecular weight excluding hydrogens is 801 g/mol. The predicted octanol–water partition coefficient (Wildman–Crippen LogP) is 6.23. The van der Waals surface area contributed by atoms with Crippen molar-refractivity contribution in [2.75, 3.05) is 52.6 Å². The molecule has 4 aromatic rings. The summed E-state index contributed by atoms with van der Waals surface area (Å²) in [6, 6.07) is 17.6. The van der Waals surface area contributed by atoms with Crippen molar-refractivity contribution in [1.29, 1.82) is 0 Å². The fraction of sp³-hybridized carbons (Fsp3) is 0.538. The van der Waals surface area contributed by atoms with Gasteiger partial charge in [-0.1, -0.05) is 48.5 Å². The third-order valence-electron chi connectivity index (χ3n) is 12.1. The summed E-state index contributed by atoms with van der Waals surface area (Å²) >= 11 is 0. The van der Waals surface area contributed by atoms with E-state index >= 15 is 0 Å². The maximum atomic E-state index is 6.91. The SMILES string of the molecule is NCCCCCOc1c2cc(CN)cc1Cc1cc(CN)cc(c1OCCCCCN)Cc1cc(CN)cc(c1OCCCCCN)Cc1cc(CN)cc(c1OCCCCCN)C2. The Morgan fingerprint density at radius 3 is 0.609 bits per heavy atom. The van der Waals surface area contributed by atoms with Gasteiger partial charge in [0.15, 0.2) is 0 Å². The predicted molar refractivity (Wildman–Crippen MR) is 262 cm³/mol. The Labute approximate surface area is 383 Å². The third-order valence-corrected chi connectivity index (χ3v) is 12.1. The summed E-state index contributed by atoms with van der Waals surface area (Å²) in [5.41, 5.74) is 62.1. The van der Waals surface area contributed by atoms with Crippen LogP contribution in [0.5, 0.6) is 23.0 Å². The van der Waals surface area contributed by atoms with Crippen LogP contribution in [0.4, 0.5) is 0 Å². The summed E-state index contributed by atoms with van der Waals surface area (Å²) < 4.78 is 27.7. The molecule has 12 heteroatoms. The number of benzene rings is 4. The van der Waals surface area contributed by atoms with E-state index in [4.69, 9.17) is 64.8 Å². The molecule has 5 rings (SSSR count). The Morgan fingerprint density at radius 1 is 0.266 bits per heavy atom. The molecule has 12 nitrogen and oxygen atoms in total. The van der Waals surface area contributed by atoms with Gasteiger partial charge in [-0.25, -0.2) is 0 Å². The molecule has 8 bridgehead atoms. The molecule has 0 heterocycles. The first-order valence-electron chi connectivity index (χ1n) is 24.1. The fourth-order valence-electron chi connectivity index (χ4n) is 8.78. The number of hydrogen-bond acceptors (Lipinski definition) is 12. The van der Waals surface area contributed by atoms with Crippen molar-refractivity contribution in [3.63, 3.8) is 0 Å². The van der Waals surface area contributed by atoms with Crippen LogP contribution in [0.3, 0.4) is 0 Å². The average Bonchev–Trinajstić information content (AvgIpc) is 3.30. The first kappa shape index (κ1) is 50.8. The monoisotopic (exact) mass is 881 g/mol. The maximum Gasteiger partial charge on any atom is 0.126 e. The van der Waals surface area contributed by atoms with Gasteiger partial charge in [0.05, 0.1) is 26.4 Å². The molecule has 0 saturated heterocycles. The normalized spacial score (nSPS) is 12.4. The van der Waals surface area contributed by atoms with Crippen LogP contribution in [0, 0.1) is 0 Å². The molecule has 0 saturated carbocycles. The van der Waals surface area contributed by atoms with Crippen molar-refractivity contribution in [2.24, 2.45) is 45.9 Å². The van der Waals surface area contributed by atoms with Gasteiger partial charge >= 0.3 is 0 Å². The first-order chi connectivity index (χ1) is 31.4. The van der Waals surface area contributed by atoms with Crippen LogP contribution in [0.1, 0.15) is 144 Å². The minimum Gasteiger partial charge on any atom is -0.493 e. The van der Waals surface area contributed by atoms with Crippen LogP contribution in [-0.4, -0.2) is 52.6 Å². The summed E-state index contributed by atoms with van der Waals surface area (Å²) in [6.07, 6.45) is 13.5. The van der Waals surface area contributed by atoms with Gasteiger partial charge < -0.3 is 64.8 Å². The standard InChI is InChI=1S/C52H80N8O4/c53-13-5-1-9-17-61-49-41-21-37(33-57)22-42(49)30-44-24-39(35-59)26-46(51(44)63-19-11-3-7-15-55)32-48-28-40(36-60)27-47(52(48)64-20-12-4-8-16-56)31-45-25-38(34-58)23-43(29-41)50(45)62-18-10-2-6-14-54/h21-28H,1-20,29-36,53-60H2. The zero-order valence-corrected chi connectivity index (χ0v) is 38.7. The highest BCUT2D eigenvalue weighted by molar-refractivity contribution is 5.58. The second kappa shape index (κ2) is 27.9. The topological polar surface area (TPSA) is 245 Å². The van der Waals surface area contributed by atoms with E-state index in [1.165, 1.54) is 0 Å². The summed E-state index contributed by atoms with van der Waals surface area (Å²) in [5.74, 6) is 3.45. The summed E-state index contributed by atoms with van der Waals surface area (Å²) in [6.45, 7) is 6.38. The zero-order chi connectivity index (χ0) is 45.5. The van der Waals surface area contributed by atoms with Gasteiger partial charge in [-0.15, -0.1) is 0 Å². The fourth-order valence-corrected chi connectivity index (χ4v) is 8.78. The van der Waals surface area contributed by atoms with Crippen molar-refractivity contribution >= 4 is 0 Å². The Bertz CT molecular complexity index is 1650. The molecule has 0 unspecified atom stereocenters. The number of fused-ring (bicyclic) bond motifs is 8. The van der Waals surface area contributed by atoms with E-state index in [-0.39, 0.29) is 0 Å². The van der Waals surface area contributed by atoms with Gasteiger partial charge in [-0.05, 0) is 170 Å². The molecule has 0 atom stereocenters. The highest BCUT2D eigenvalue weighted by atomic mass is 16.5. The van der Waals surface area contributed by atoms with Crippen molar-refractivity contribution in [3.05, 3.63) is 115 Å². The highest BCUT2D eigenvalue weighted by Gasteiger charge is 2.24. The van der Waals surface area contributed by atoms with E-state index in [2.05, 4.69) is 48.5 Å². The second-order valence-corrected chi connectivity index (χ2v) is 17.3. The van der Waals surface area contributed by atoms with Gasteiger partial charge in [-0.3, -0.25) is 0 Å². The quantitative estimate of drug-likeness (QED) is 0.0261. The van der Waals surface area contributed by atoms with Crippen LogP contribution in [0.25, 0.3) is 0 Å². The van der Waals surface area contributed by atoms with E-state index in [0.717, 1.165) is 167 Å². The largest absolute Gasteiger partial charge is 0.493 e. The number of hydrogen-bond donors (Lipinski definition) is 8. The van der Waals surface area contributed by atoms with E-state index in [0.29, 0.717) is 104 Å². The molecule has 0 radical (unpaired) electrons. The lowest BCUT2D eigenvalue weighted by Gasteiger charge is -2.25. The molecule has 16 N–H and O–H groups in total. The molecule has 1 aliphatic rings. The molecule has 1 aliphatic carbocycles. The molecular formula is C52H80N8O4. The number of ether oxygens (including phenoxy) is 4. The zero-order valence-electron chi connectivity index (χ0n) is 38.7. The molecule has 0 aromatic heterocycles. The number of rotatable bonds is 28. The van der Waals surface area contributed by atoms with E-state index in [9.17, 15) is 0 Å². The summed E-state index contributed by atoms with van der Waals surface area (Å²) in [5, 5.41) is 0. The molecule has 0 fully saturated rings. The molecule has 352 valence electrons. The van der Waals surface area contributed by atoms with Crippen LogP contribution >= 0.6 is 0 Å². The second-order valence-electron chi connectivity index (χ2n) is 17.3. The van der Waals surface area contributed by atoms with Crippen molar-refractivity contribution in [2.45, 2.75) is 129 Å². The Hall–Kier alpha value is -4.24. The van der Waals surface area contributed by atoms with Crippen LogP contribution in [0.2, 0.25) is 0 Å². The Balaban J connectivity index is 1.80. The minimum absolute atomic E-state index is 0.376. The van der Waals surface area contributed by atoms with Crippen molar-refractivity contribution in [1.82, 2.24) is 0 Å². The lowest BCUT2D eigenvalue weighted by atomic mass is 9.88. The van der Waals surface area contributed by atoms with Crippen LogP contribution < -0.4 is 64.8 Å². The molecule has 64 heavy (non-hydrogen) atoms. The lowest BCUT2D eigenvalue weighted by Crippen LogP contribution is -2.13. The van der Waals surface area contributed by atoms with E-state index in [1.54, 1.807) is 0 Å². The average molecular weight is 881 g/mol. The molecule has 4 aromatic carbocycles. The van der Waals surface area contributed by atoms with Gasteiger partial charge in [0.2, 0.25) is 0 Å². The summed E-state index contributed by atoms with van der Waals surface area (Å²) in [4.78, 5) is 0. The highest BCUT2D eigenvalue weighted by Crippen LogP contribution is 2.41. The lowest BCUT2D eigenvalue weighted by molar-refractivity contribution is 0.294. The number of nitrogens with two attached hydrogens (primary N) is 8. The van der Waals surface area contributed by atoms with Gasteiger partial charge in [0.1, 0.15) is 23.0 Å². The molecule has 0 spiro atoms. The third kappa shape index (κ3) is 14.9. The van der Waals surface area contributed by atoms with Crippen LogP contribution in [0.15, 0.2) is 48.5 Å². The van der Waals surface area contributed by atoms with Gasteiger partial charge in [-0.2, -0.15) is 0 Å². The van der Waals surface area contributed by atoms with Crippen molar-refractivity contribution in [3.8, 4) is 23.0 Å².